The van der Waals surface area contributed by atoms with E-state index in [1.165, 1.54) is 13.2 Å². The fourth-order valence-electron chi connectivity index (χ4n) is 0.816. The van der Waals surface area contributed by atoms with Crippen molar-refractivity contribution in [1.29, 1.82) is 0 Å². The first-order chi connectivity index (χ1) is 7.42. The molecule has 6 heteroatoms. The monoisotopic (exact) mass is 240 g/mol. The minimum absolute atomic E-state index is 0.122. The summed E-state index contributed by atoms with van der Waals surface area (Å²) in [5, 5.41) is 0. The van der Waals surface area contributed by atoms with Crippen LogP contribution in [0.25, 0.3) is 0 Å². The van der Waals surface area contributed by atoms with Crippen molar-refractivity contribution in [3.8, 4) is 11.5 Å². The minimum atomic E-state index is -4.89. The SMILES string of the molecule is CC.COc1ccc(OC(F)(F)F)c(F)c1. The van der Waals surface area contributed by atoms with Gasteiger partial charge in [-0.3, -0.25) is 0 Å². The molecule has 1 rings (SSSR count). The van der Waals surface area contributed by atoms with Crippen LogP contribution in [0, 0.1) is 5.82 Å². The highest BCUT2D eigenvalue weighted by atomic mass is 19.4. The van der Waals surface area contributed by atoms with E-state index in [4.69, 9.17) is 0 Å². The van der Waals surface area contributed by atoms with Gasteiger partial charge in [-0.1, -0.05) is 13.8 Å². The highest BCUT2D eigenvalue weighted by Crippen LogP contribution is 2.27. The lowest BCUT2D eigenvalue weighted by Crippen LogP contribution is -2.17. The molecule has 0 fully saturated rings. The Kier molecular flexibility index (Phi) is 5.63. The number of hydrogen-bond donors (Lipinski definition) is 0. The van der Waals surface area contributed by atoms with Crippen molar-refractivity contribution in [1.82, 2.24) is 0 Å². The number of alkyl halides is 3. The van der Waals surface area contributed by atoms with E-state index < -0.39 is 17.9 Å². The average Bonchev–Trinajstić information content (AvgIpc) is 2.22. The lowest BCUT2D eigenvalue weighted by atomic mass is 10.3. The van der Waals surface area contributed by atoms with Crippen molar-refractivity contribution in [2.24, 2.45) is 0 Å². The summed E-state index contributed by atoms with van der Waals surface area (Å²) < 4.78 is 55.9. The second-order valence-corrected chi connectivity index (χ2v) is 2.34. The minimum Gasteiger partial charge on any atom is -0.497 e. The van der Waals surface area contributed by atoms with E-state index in [-0.39, 0.29) is 5.75 Å². The van der Waals surface area contributed by atoms with Gasteiger partial charge in [0.15, 0.2) is 11.6 Å². The number of ether oxygens (including phenoxy) is 2. The number of methoxy groups -OCH3 is 1. The van der Waals surface area contributed by atoms with Crippen LogP contribution in [0.5, 0.6) is 11.5 Å². The molecule has 0 radical (unpaired) electrons. The second kappa shape index (κ2) is 6.19. The predicted molar refractivity (Wildman–Crippen MR) is 51.0 cm³/mol. The van der Waals surface area contributed by atoms with Gasteiger partial charge in [-0.2, -0.15) is 0 Å². The standard InChI is InChI=1S/C8H6F4O2.C2H6/c1-13-5-2-3-7(6(9)4-5)14-8(10,11)12;1-2/h2-4H,1H3;1-2H3. The van der Waals surface area contributed by atoms with Gasteiger partial charge < -0.3 is 9.47 Å². The largest absolute Gasteiger partial charge is 0.573 e. The first kappa shape index (κ1) is 14.5. The van der Waals surface area contributed by atoms with Gasteiger partial charge in [-0.15, -0.1) is 13.2 Å². The van der Waals surface area contributed by atoms with Crippen molar-refractivity contribution in [2.75, 3.05) is 7.11 Å². The molecular weight excluding hydrogens is 228 g/mol. The number of hydrogen-bond acceptors (Lipinski definition) is 2. The van der Waals surface area contributed by atoms with Gasteiger partial charge in [-0.25, -0.2) is 4.39 Å². The molecule has 0 aliphatic heterocycles. The van der Waals surface area contributed by atoms with Crippen LogP contribution in [0.1, 0.15) is 13.8 Å². The van der Waals surface area contributed by atoms with Crippen molar-refractivity contribution < 1.29 is 27.0 Å². The van der Waals surface area contributed by atoms with Crippen LogP contribution in [0.2, 0.25) is 0 Å². The van der Waals surface area contributed by atoms with Gasteiger partial charge in [0.25, 0.3) is 0 Å². The molecule has 0 saturated carbocycles. The topological polar surface area (TPSA) is 18.5 Å². The molecule has 92 valence electrons. The van der Waals surface area contributed by atoms with Crippen LogP contribution in [0.3, 0.4) is 0 Å². The Morgan fingerprint density at radius 1 is 1.12 bits per heavy atom. The summed E-state index contributed by atoms with van der Waals surface area (Å²) in [4.78, 5) is 0. The molecule has 0 atom stereocenters. The van der Waals surface area contributed by atoms with Crippen LogP contribution in [-0.4, -0.2) is 13.5 Å². The van der Waals surface area contributed by atoms with Crippen molar-refractivity contribution in [3.05, 3.63) is 24.0 Å². The maximum atomic E-state index is 12.9. The summed E-state index contributed by atoms with van der Waals surface area (Å²) in [6.07, 6.45) is -4.89. The Balaban J connectivity index is 0.00000106. The van der Waals surface area contributed by atoms with E-state index in [0.717, 1.165) is 12.1 Å². The van der Waals surface area contributed by atoms with E-state index >= 15 is 0 Å². The summed E-state index contributed by atoms with van der Waals surface area (Å²) in [5.74, 6) is -1.88. The average molecular weight is 240 g/mol. The van der Waals surface area contributed by atoms with Crippen molar-refractivity contribution in [3.63, 3.8) is 0 Å². The Bertz CT molecular complexity index is 323. The zero-order valence-electron chi connectivity index (χ0n) is 9.06. The number of rotatable bonds is 2. The third kappa shape index (κ3) is 4.86. The van der Waals surface area contributed by atoms with E-state index in [9.17, 15) is 17.6 Å². The molecule has 0 spiro atoms. The summed E-state index contributed by atoms with van der Waals surface area (Å²) in [6.45, 7) is 4.00. The zero-order valence-corrected chi connectivity index (χ0v) is 9.06. The number of halogens is 4. The van der Waals surface area contributed by atoms with Crippen LogP contribution < -0.4 is 9.47 Å². The summed E-state index contributed by atoms with van der Waals surface area (Å²) in [6, 6.07) is 2.83. The van der Waals surface area contributed by atoms with Gasteiger partial charge >= 0.3 is 6.36 Å². The highest BCUT2D eigenvalue weighted by Gasteiger charge is 2.32. The van der Waals surface area contributed by atoms with Gasteiger partial charge in [0.2, 0.25) is 0 Å². The van der Waals surface area contributed by atoms with Gasteiger partial charge in [-0.05, 0) is 12.1 Å². The molecule has 0 saturated heterocycles. The molecule has 16 heavy (non-hydrogen) atoms. The van der Waals surface area contributed by atoms with Crippen molar-refractivity contribution in [2.45, 2.75) is 20.2 Å². The van der Waals surface area contributed by atoms with Gasteiger partial charge in [0.05, 0.1) is 7.11 Å². The molecule has 1 aromatic carbocycles. The Hall–Kier alpha value is -1.46. The summed E-state index contributed by atoms with van der Waals surface area (Å²) in [5.41, 5.74) is 0. The Morgan fingerprint density at radius 2 is 1.69 bits per heavy atom. The number of benzene rings is 1. The maximum absolute atomic E-state index is 12.9. The van der Waals surface area contributed by atoms with Crippen molar-refractivity contribution >= 4 is 0 Å². The molecule has 1 aromatic rings. The molecule has 0 aliphatic carbocycles. The lowest BCUT2D eigenvalue weighted by molar-refractivity contribution is -0.275. The quantitative estimate of drug-likeness (QED) is 0.733. The molecule has 0 aromatic heterocycles. The predicted octanol–water partition coefficient (Wildman–Crippen LogP) is 3.76. The van der Waals surface area contributed by atoms with E-state index in [2.05, 4.69) is 9.47 Å². The fraction of sp³-hybridized carbons (Fsp3) is 0.400. The highest BCUT2D eigenvalue weighted by molar-refractivity contribution is 5.33. The lowest BCUT2D eigenvalue weighted by Gasteiger charge is -2.09. The molecule has 0 aliphatic rings. The molecule has 0 N–H and O–H groups in total. The first-order valence-corrected chi connectivity index (χ1v) is 4.51. The molecular formula is C10H12F4O2. The smallest absolute Gasteiger partial charge is 0.497 e. The third-order valence-electron chi connectivity index (χ3n) is 1.36. The normalized spacial score (nSPS) is 10.2. The van der Waals surface area contributed by atoms with E-state index in [1.807, 2.05) is 13.8 Å². The third-order valence-corrected chi connectivity index (χ3v) is 1.36. The van der Waals surface area contributed by atoms with Crippen LogP contribution in [-0.2, 0) is 0 Å². The van der Waals surface area contributed by atoms with Gasteiger partial charge in [0.1, 0.15) is 5.75 Å². The maximum Gasteiger partial charge on any atom is 0.573 e. The van der Waals surface area contributed by atoms with Crippen LogP contribution in [0.15, 0.2) is 18.2 Å². The summed E-state index contributed by atoms with van der Waals surface area (Å²) >= 11 is 0. The molecule has 0 unspecified atom stereocenters. The fourth-order valence-corrected chi connectivity index (χ4v) is 0.816. The van der Waals surface area contributed by atoms with E-state index in [0.29, 0.717) is 0 Å². The first-order valence-electron chi connectivity index (χ1n) is 4.51. The molecule has 0 amide bonds. The molecule has 2 nitrogen and oxygen atoms in total. The zero-order chi connectivity index (χ0) is 12.8. The molecule has 0 bridgehead atoms. The second-order valence-electron chi connectivity index (χ2n) is 2.34. The van der Waals surface area contributed by atoms with Crippen LogP contribution >= 0.6 is 0 Å². The van der Waals surface area contributed by atoms with E-state index in [1.54, 1.807) is 0 Å². The Labute approximate surface area is 90.8 Å². The van der Waals surface area contributed by atoms with Gasteiger partial charge in [0, 0.05) is 6.07 Å². The van der Waals surface area contributed by atoms with Crippen LogP contribution in [0.4, 0.5) is 17.6 Å². The summed E-state index contributed by atoms with van der Waals surface area (Å²) in [7, 11) is 1.28. The Morgan fingerprint density at radius 3 is 2.06 bits per heavy atom. The molecule has 0 heterocycles.